The van der Waals surface area contributed by atoms with Crippen molar-refractivity contribution in [2.75, 3.05) is 13.7 Å². The summed E-state index contributed by atoms with van der Waals surface area (Å²) < 4.78 is 37.4. The minimum absolute atomic E-state index is 0.00969. The summed E-state index contributed by atoms with van der Waals surface area (Å²) in [5.74, 6) is 0.881. The Bertz CT molecular complexity index is 1200. The number of nitrogens with zero attached hydrogens (tertiary/aromatic N) is 2. The van der Waals surface area contributed by atoms with Crippen molar-refractivity contribution in [3.05, 3.63) is 65.0 Å². The number of fused-ring (bicyclic) bond motifs is 2. The largest absolute Gasteiger partial charge is 0.492 e. The van der Waals surface area contributed by atoms with Crippen LogP contribution in [0.3, 0.4) is 0 Å². The van der Waals surface area contributed by atoms with Crippen molar-refractivity contribution in [2.45, 2.75) is 31.3 Å². The Morgan fingerprint density at radius 1 is 1.18 bits per heavy atom. The van der Waals surface area contributed by atoms with Crippen molar-refractivity contribution < 1.29 is 33.2 Å². The molecule has 8 nitrogen and oxygen atoms in total. The molecule has 0 saturated heterocycles. The highest BCUT2D eigenvalue weighted by Gasteiger charge is 2.32. The maximum atomic E-state index is 14.8. The van der Waals surface area contributed by atoms with Gasteiger partial charge in [-0.3, -0.25) is 4.79 Å². The highest BCUT2D eigenvalue weighted by Crippen LogP contribution is 2.44. The summed E-state index contributed by atoms with van der Waals surface area (Å²) in [6.07, 6.45) is 0.689. The van der Waals surface area contributed by atoms with Crippen molar-refractivity contribution >= 4 is 5.97 Å². The summed E-state index contributed by atoms with van der Waals surface area (Å²) in [5, 5.41) is 16.9. The number of carbonyl (C=O) groups is 1. The fraction of sp³-hybridized carbons (Fsp3) is 0.292. The summed E-state index contributed by atoms with van der Waals surface area (Å²) in [5.41, 5.74) is 2.04. The molecule has 0 bridgehead atoms. The van der Waals surface area contributed by atoms with E-state index < -0.39 is 12.1 Å². The second kappa shape index (κ2) is 8.57. The van der Waals surface area contributed by atoms with Gasteiger partial charge in [0.1, 0.15) is 29.2 Å². The van der Waals surface area contributed by atoms with E-state index in [1.165, 1.54) is 13.2 Å². The lowest BCUT2D eigenvalue weighted by atomic mass is 9.98. The third-order valence-corrected chi connectivity index (χ3v) is 5.84. The SMILES string of the molecule is COc1ccc(Oc2ccc(F)c3c2CCC3Oc2ccc3c(c2)OCC3CC(=O)O)nn1. The van der Waals surface area contributed by atoms with E-state index in [1.807, 2.05) is 6.07 Å². The van der Waals surface area contributed by atoms with Crippen molar-refractivity contribution in [2.24, 2.45) is 0 Å². The zero-order chi connectivity index (χ0) is 22.9. The third-order valence-electron chi connectivity index (χ3n) is 5.84. The Morgan fingerprint density at radius 2 is 2.00 bits per heavy atom. The number of aromatic nitrogens is 2. The molecule has 5 rings (SSSR count). The molecule has 2 aromatic carbocycles. The minimum atomic E-state index is -0.867. The van der Waals surface area contributed by atoms with Gasteiger partial charge in [-0.1, -0.05) is 6.07 Å². The molecule has 0 radical (unpaired) electrons. The molecule has 0 saturated carbocycles. The van der Waals surface area contributed by atoms with Crippen molar-refractivity contribution in [1.29, 1.82) is 0 Å². The molecule has 170 valence electrons. The second-order valence-electron chi connectivity index (χ2n) is 7.90. The summed E-state index contributed by atoms with van der Waals surface area (Å²) in [6.45, 7) is 0.320. The van der Waals surface area contributed by atoms with E-state index in [0.29, 0.717) is 48.1 Å². The highest BCUT2D eigenvalue weighted by molar-refractivity contribution is 5.68. The van der Waals surface area contributed by atoms with Gasteiger partial charge in [-0.2, -0.15) is 0 Å². The number of hydrogen-bond donors (Lipinski definition) is 1. The van der Waals surface area contributed by atoms with Gasteiger partial charge in [-0.25, -0.2) is 4.39 Å². The lowest BCUT2D eigenvalue weighted by Crippen LogP contribution is -2.07. The average molecular weight is 452 g/mol. The first-order chi connectivity index (χ1) is 16.0. The van der Waals surface area contributed by atoms with E-state index in [9.17, 15) is 9.18 Å². The lowest BCUT2D eigenvalue weighted by molar-refractivity contribution is -0.137. The molecule has 0 fully saturated rings. The molecule has 1 aromatic heterocycles. The summed E-state index contributed by atoms with van der Waals surface area (Å²) in [6, 6.07) is 11.5. The number of benzene rings is 2. The van der Waals surface area contributed by atoms with Gasteiger partial charge in [-0.05, 0) is 31.0 Å². The number of aliphatic carboxylic acids is 1. The number of carboxylic acids is 1. The highest BCUT2D eigenvalue weighted by atomic mass is 19.1. The van der Waals surface area contributed by atoms with Gasteiger partial charge >= 0.3 is 5.97 Å². The molecule has 33 heavy (non-hydrogen) atoms. The summed E-state index contributed by atoms with van der Waals surface area (Å²) in [4.78, 5) is 11.0. The molecule has 3 aromatic rings. The van der Waals surface area contributed by atoms with Crippen LogP contribution in [0.15, 0.2) is 42.5 Å². The van der Waals surface area contributed by atoms with E-state index in [1.54, 1.807) is 30.3 Å². The van der Waals surface area contributed by atoms with Crippen LogP contribution in [0.25, 0.3) is 0 Å². The molecule has 9 heteroatoms. The first-order valence-electron chi connectivity index (χ1n) is 10.5. The van der Waals surface area contributed by atoms with E-state index >= 15 is 0 Å². The van der Waals surface area contributed by atoms with Crippen molar-refractivity contribution in [3.63, 3.8) is 0 Å². The average Bonchev–Trinajstić information content (AvgIpc) is 3.41. The van der Waals surface area contributed by atoms with Crippen LogP contribution in [0.4, 0.5) is 4.39 Å². The Hall–Kier alpha value is -3.88. The number of methoxy groups -OCH3 is 1. The predicted octanol–water partition coefficient (Wildman–Crippen LogP) is 4.43. The van der Waals surface area contributed by atoms with Gasteiger partial charge in [0, 0.05) is 40.8 Å². The third kappa shape index (κ3) is 4.13. The van der Waals surface area contributed by atoms with Crippen molar-refractivity contribution in [1.82, 2.24) is 10.2 Å². The molecule has 2 unspecified atom stereocenters. The van der Waals surface area contributed by atoms with Crippen LogP contribution in [-0.2, 0) is 11.2 Å². The minimum Gasteiger partial charge on any atom is -0.492 e. The number of carboxylic acid groups (broad SMARTS) is 1. The Labute approximate surface area is 188 Å². The number of halogens is 1. The molecular formula is C24H21FN2O6. The topological polar surface area (TPSA) is 100 Å². The van der Waals surface area contributed by atoms with Crippen LogP contribution >= 0.6 is 0 Å². The number of rotatable bonds is 7. The quantitative estimate of drug-likeness (QED) is 0.562. The normalized spacial score (nSPS) is 18.2. The first-order valence-corrected chi connectivity index (χ1v) is 10.5. The second-order valence-corrected chi connectivity index (χ2v) is 7.90. The van der Waals surface area contributed by atoms with Crippen LogP contribution in [0.1, 0.15) is 41.6 Å². The van der Waals surface area contributed by atoms with E-state index in [4.69, 9.17) is 24.1 Å². The monoisotopic (exact) mass is 452 g/mol. The maximum absolute atomic E-state index is 14.8. The molecule has 1 aliphatic carbocycles. The van der Waals surface area contributed by atoms with Gasteiger partial charge in [-0.15, -0.1) is 10.2 Å². The first kappa shape index (κ1) is 21.0. The summed E-state index contributed by atoms with van der Waals surface area (Å²) >= 11 is 0. The molecule has 0 amide bonds. The van der Waals surface area contributed by atoms with E-state index in [0.717, 1.165) is 11.1 Å². The predicted molar refractivity (Wildman–Crippen MR) is 114 cm³/mol. The Balaban J connectivity index is 1.36. The van der Waals surface area contributed by atoms with Crippen LogP contribution in [-0.4, -0.2) is 35.0 Å². The van der Waals surface area contributed by atoms with Gasteiger partial charge in [0.25, 0.3) is 0 Å². The van der Waals surface area contributed by atoms with Crippen LogP contribution in [0.2, 0.25) is 0 Å². The van der Waals surface area contributed by atoms with Gasteiger partial charge in [0.2, 0.25) is 11.8 Å². The smallest absolute Gasteiger partial charge is 0.304 e. The molecule has 2 atom stereocenters. The molecule has 2 aliphatic rings. The van der Waals surface area contributed by atoms with Crippen LogP contribution < -0.4 is 18.9 Å². The zero-order valence-corrected chi connectivity index (χ0v) is 17.8. The Kier molecular flexibility index (Phi) is 5.45. The fourth-order valence-electron chi connectivity index (χ4n) is 4.31. The number of ether oxygens (including phenoxy) is 4. The van der Waals surface area contributed by atoms with Gasteiger partial charge in [0.05, 0.1) is 20.1 Å². The van der Waals surface area contributed by atoms with E-state index in [-0.39, 0.29) is 24.0 Å². The summed E-state index contributed by atoms with van der Waals surface area (Å²) in [7, 11) is 1.50. The van der Waals surface area contributed by atoms with Gasteiger partial charge in [0.15, 0.2) is 0 Å². The molecular weight excluding hydrogens is 431 g/mol. The molecule has 0 spiro atoms. The van der Waals surface area contributed by atoms with Crippen LogP contribution in [0, 0.1) is 5.82 Å². The molecule has 1 N–H and O–H groups in total. The van der Waals surface area contributed by atoms with Gasteiger partial charge < -0.3 is 24.1 Å². The molecule has 1 aliphatic heterocycles. The number of hydrogen-bond acceptors (Lipinski definition) is 7. The zero-order valence-electron chi connectivity index (χ0n) is 17.8. The molecule has 2 heterocycles. The van der Waals surface area contributed by atoms with E-state index in [2.05, 4.69) is 10.2 Å². The van der Waals surface area contributed by atoms with Crippen molar-refractivity contribution in [3.8, 4) is 29.0 Å². The van der Waals surface area contributed by atoms with Crippen LogP contribution in [0.5, 0.6) is 29.0 Å². The maximum Gasteiger partial charge on any atom is 0.304 e. The Morgan fingerprint density at radius 3 is 2.76 bits per heavy atom. The standard InChI is InChI=1S/C24H21FN2O6/c1-30-21-8-9-22(27-26-21)33-18-7-5-17(25)24-16(18)4-6-19(24)32-14-2-3-15-13(10-23(28)29)12-31-20(15)11-14/h2-3,5,7-9,11,13,19H,4,6,10,12H2,1H3,(H,28,29). The fourth-order valence-corrected chi connectivity index (χ4v) is 4.31. The lowest BCUT2D eigenvalue weighted by Gasteiger charge is -2.17.